The number of hydrogen-bond donors (Lipinski definition) is 0. The smallest absolute Gasteiger partial charge is 0.331 e. The second kappa shape index (κ2) is 11.5. The van der Waals surface area contributed by atoms with Gasteiger partial charge in [0.2, 0.25) is 0 Å². The summed E-state index contributed by atoms with van der Waals surface area (Å²) in [5.74, 6) is 1.85. The molecule has 0 saturated heterocycles. The first-order valence-electron chi connectivity index (χ1n) is 12.1. The summed E-state index contributed by atoms with van der Waals surface area (Å²) < 4.78 is 18.2. The number of allylic oxidation sites excluding steroid dienone is 2. The van der Waals surface area contributed by atoms with E-state index in [2.05, 4.69) is 40.2 Å². The van der Waals surface area contributed by atoms with Crippen molar-refractivity contribution in [3.63, 3.8) is 0 Å². The van der Waals surface area contributed by atoms with Crippen LogP contribution in [0.2, 0.25) is 0 Å². The second-order valence-corrected chi connectivity index (χ2v) is 9.29. The van der Waals surface area contributed by atoms with Crippen LogP contribution in [0.3, 0.4) is 0 Å². The monoisotopic (exact) mass is 493 g/mol. The van der Waals surface area contributed by atoms with Crippen molar-refractivity contribution in [1.29, 1.82) is 0 Å². The molecule has 0 aliphatic carbocycles. The van der Waals surface area contributed by atoms with Gasteiger partial charge in [0.15, 0.2) is 0 Å². The number of rotatable bonds is 10. The van der Waals surface area contributed by atoms with E-state index in [4.69, 9.17) is 14.2 Å². The van der Waals surface area contributed by atoms with Gasteiger partial charge in [0.25, 0.3) is 0 Å². The minimum absolute atomic E-state index is 0.0633. The van der Waals surface area contributed by atoms with Crippen LogP contribution in [0.25, 0.3) is 0 Å². The predicted octanol–water partition coefficient (Wildman–Crippen LogP) is 8.10. The van der Waals surface area contributed by atoms with Gasteiger partial charge in [-0.15, -0.1) is 15.0 Å². The van der Waals surface area contributed by atoms with Crippen LogP contribution in [-0.2, 0) is 12.8 Å². The molecule has 0 spiro atoms. The average Bonchev–Trinajstić information content (AvgIpc) is 2.82. The molecule has 0 unspecified atom stereocenters. The first kappa shape index (κ1) is 25.6. The van der Waals surface area contributed by atoms with Crippen LogP contribution >= 0.6 is 0 Å². The van der Waals surface area contributed by atoms with Gasteiger partial charge in [-0.2, -0.15) is 0 Å². The maximum Gasteiger partial charge on any atom is 0.331 e. The predicted molar refractivity (Wildman–Crippen MR) is 146 cm³/mol. The van der Waals surface area contributed by atoms with Crippen LogP contribution in [0.15, 0.2) is 91.0 Å². The molecule has 1 heterocycles. The normalized spacial score (nSPS) is 10.6. The summed E-state index contributed by atoms with van der Waals surface area (Å²) in [5.41, 5.74) is 6.27. The highest BCUT2D eigenvalue weighted by Crippen LogP contribution is 2.31. The van der Waals surface area contributed by atoms with Crippen molar-refractivity contribution < 1.29 is 14.2 Å². The van der Waals surface area contributed by atoms with Crippen molar-refractivity contribution in [3.8, 4) is 35.3 Å². The molecule has 37 heavy (non-hydrogen) atoms. The molecule has 3 aromatic carbocycles. The number of ether oxygens (including phenoxy) is 3. The standard InChI is InChI=1S/C31H31N3O3/c1-20(2)16-24-18-22(5)12-14-27(24)36-30-32-29(35-26-10-8-7-9-11-26)33-31(34-30)37-28-15-13-23(6)19-25(28)17-21(3)4/h7-15,18-19H,1,3,16-17H2,2,4-6H3. The summed E-state index contributed by atoms with van der Waals surface area (Å²) in [7, 11) is 0. The Labute approximate surface area is 218 Å². The van der Waals surface area contributed by atoms with Crippen LogP contribution in [0, 0.1) is 13.8 Å². The Hall–Kier alpha value is -4.45. The van der Waals surface area contributed by atoms with E-state index in [1.54, 1.807) is 0 Å². The number of nitrogens with zero attached hydrogens (tertiary/aromatic N) is 3. The van der Waals surface area contributed by atoms with Crippen molar-refractivity contribution in [2.45, 2.75) is 40.5 Å². The molecule has 0 radical (unpaired) electrons. The van der Waals surface area contributed by atoms with Gasteiger partial charge in [-0.25, -0.2) is 0 Å². The fourth-order valence-corrected chi connectivity index (χ4v) is 3.79. The van der Waals surface area contributed by atoms with Gasteiger partial charge in [-0.1, -0.05) is 77.9 Å². The molecule has 6 heteroatoms. The van der Waals surface area contributed by atoms with Gasteiger partial charge >= 0.3 is 18.0 Å². The van der Waals surface area contributed by atoms with Gasteiger partial charge in [0.1, 0.15) is 17.2 Å². The third-order valence-electron chi connectivity index (χ3n) is 5.35. The fraction of sp³-hybridized carbons (Fsp3) is 0.194. The maximum absolute atomic E-state index is 6.16. The summed E-state index contributed by atoms with van der Waals surface area (Å²) in [6.45, 7) is 16.1. The Balaban J connectivity index is 1.72. The summed E-state index contributed by atoms with van der Waals surface area (Å²) in [4.78, 5) is 13.3. The van der Waals surface area contributed by atoms with E-state index in [0.29, 0.717) is 30.1 Å². The molecule has 0 amide bonds. The first-order chi connectivity index (χ1) is 17.7. The molecule has 0 atom stereocenters. The molecule has 0 fully saturated rings. The number of aryl methyl sites for hydroxylation is 2. The molecule has 1 aromatic heterocycles. The molecule has 188 valence electrons. The fourth-order valence-electron chi connectivity index (χ4n) is 3.79. The Kier molecular flexibility index (Phi) is 7.98. The number of hydrogen-bond acceptors (Lipinski definition) is 6. The van der Waals surface area contributed by atoms with Gasteiger partial charge in [0, 0.05) is 0 Å². The molecule has 0 saturated carbocycles. The van der Waals surface area contributed by atoms with Crippen LogP contribution in [0.1, 0.15) is 36.1 Å². The highest BCUT2D eigenvalue weighted by Gasteiger charge is 2.16. The van der Waals surface area contributed by atoms with E-state index in [-0.39, 0.29) is 18.0 Å². The number of para-hydroxylation sites is 1. The van der Waals surface area contributed by atoms with E-state index in [1.165, 1.54) is 0 Å². The summed E-state index contributed by atoms with van der Waals surface area (Å²) >= 11 is 0. The molecule has 4 rings (SSSR count). The minimum atomic E-state index is 0.0633. The van der Waals surface area contributed by atoms with E-state index >= 15 is 0 Å². The third kappa shape index (κ3) is 7.27. The van der Waals surface area contributed by atoms with E-state index in [0.717, 1.165) is 33.4 Å². The number of benzene rings is 3. The van der Waals surface area contributed by atoms with Crippen LogP contribution in [0.5, 0.6) is 35.3 Å². The lowest BCUT2D eigenvalue weighted by atomic mass is 10.0. The molecule has 0 bridgehead atoms. The van der Waals surface area contributed by atoms with E-state index < -0.39 is 0 Å². The highest BCUT2D eigenvalue weighted by atomic mass is 16.5. The minimum Gasteiger partial charge on any atom is -0.424 e. The van der Waals surface area contributed by atoms with Crippen LogP contribution < -0.4 is 14.2 Å². The van der Waals surface area contributed by atoms with E-state index in [1.807, 2.05) is 82.3 Å². The highest BCUT2D eigenvalue weighted by molar-refractivity contribution is 5.42. The molecular weight excluding hydrogens is 462 g/mol. The first-order valence-corrected chi connectivity index (χ1v) is 12.1. The second-order valence-electron chi connectivity index (χ2n) is 9.29. The van der Waals surface area contributed by atoms with Crippen LogP contribution in [0.4, 0.5) is 0 Å². The van der Waals surface area contributed by atoms with Crippen molar-refractivity contribution >= 4 is 0 Å². The van der Waals surface area contributed by atoms with Crippen molar-refractivity contribution in [3.05, 3.63) is 113 Å². The largest absolute Gasteiger partial charge is 0.424 e. The Morgan fingerprint density at radius 1 is 0.622 bits per heavy atom. The zero-order chi connectivity index (χ0) is 26.4. The Morgan fingerprint density at radius 2 is 1.05 bits per heavy atom. The number of aromatic nitrogens is 3. The Bertz CT molecular complexity index is 1350. The van der Waals surface area contributed by atoms with Crippen LogP contribution in [-0.4, -0.2) is 15.0 Å². The topological polar surface area (TPSA) is 66.4 Å². The summed E-state index contributed by atoms with van der Waals surface area (Å²) in [6.07, 6.45) is 1.35. The molecule has 6 nitrogen and oxygen atoms in total. The molecule has 4 aromatic rings. The van der Waals surface area contributed by atoms with Crippen molar-refractivity contribution in [2.24, 2.45) is 0 Å². The SMILES string of the molecule is C=C(C)Cc1cc(C)ccc1Oc1nc(Oc2ccccc2)nc(Oc2ccc(C)cc2CC(=C)C)n1. The quantitative estimate of drug-likeness (QED) is 0.208. The third-order valence-corrected chi connectivity index (χ3v) is 5.35. The van der Waals surface area contributed by atoms with Gasteiger partial charge < -0.3 is 14.2 Å². The summed E-state index contributed by atoms with van der Waals surface area (Å²) in [5, 5.41) is 0. The van der Waals surface area contributed by atoms with Gasteiger partial charge in [0.05, 0.1) is 0 Å². The molecular formula is C31H31N3O3. The molecule has 0 N–H and O–H groups in total. The summed E-state index contributed by atoms with van der Waals surface area (Å²) in [6, 6.07) is 21.4. The molecule has 0 aliphatic rings. The maximum atomic E-state index is 6.16. The molecule has 0 aliphatic heterocycles. The van der Waals surface area contributed by atoms with Gasteiger partial charge in [-0.05, 0) is 75.9 Å². The van der Waals surface area contributed by atoms with Crippen molar-refractivity contribution in [2.75, 3.05) is 0 Å². The van der Waals surface area contributed by atoms with E-state index in [9.17, 15) is 0 Å². The van der Waals surface area contributed by atoms with Gasteiger partial charge in [-0.3, -0.25) is 0 Å². The average molecular weight is 494 g/mol. The van der Waals surface area contributed by atoms with Crippen molar-refractivity contribution in [1.82, 2.24) is 15.0 Å². The lowest BCUT2D eigenvalue weighted by molar-refractivity contribution is 0.360. The Morgan fingerprint density at radius 3 is 1.49 bits per heavy atom. The zero-order valence-electron chi connectivity index (χ0n) is 21.7. The lowest BCUT2D eigenvalue weighted by Gasteiger charge is -2.14. The zero-order valence-corrected chi connectivity index (χ0v) is 21.7. The lowest BCUT2D eigenvalue weighted by Crippen LogP contribution is -2.03.